The molecule has 4 saturated carbocycles. The van der Waals surface area contributed by atoms with Gasteiger partial charge in [-0.15, -0.1) is 10.2 Å². The number of nitrogens with one attached hydrogen (secondary N) is 1. The lowest BCUT2D eigenvalue weighted by molar-refractivity contribution is -0.169. The highest BCUT2D eigenvalue weighted by Crippen LogP contribution is 2.57. The molecule has 0 radical (unpaired) electrons. The Morgan fingerprint density at radius 1 is 1.03 bits per heavy atom. The standard InChI is InChI=1S/C29H32N4O4/c1-17-6-7-18(2)25(8-17)33-31-24(16-37-29-13-19-9-20(14-29)11-21(10-19)15-29)26(32-33)27(34)30-23-5-3-4-22(12-23)28(35)36/h3-8,12,19-21H,9-11,13-16H2,1-2H3,(H,30,34)(H,35,36). The molecule has 0 aliphatic heterocycles. The molecule has 0 unspecified atom stereocenters. The van der Waals surface area contributed by atoms with Crippen molar-refractivity contribution in [2.75, 3.05) is 5.32 Å². The van der Waals surface area contributed by atoms with Crippen LogP contribution in [-0.4, -0.2) is 37.6 Å². The third kappa shape index (κ3) is 4.66. The molecule has 8 heteroatoms. The number of ether oxygens (including phenoxy) is 1. The summed E-state index contributed by atoms with van der Waals surface area (Å²) in [5.74, 6) is 0.758. The molecule has 0 saturated heterocycles. The second kappa shape index (κ2) is 9.10. The van der Waals surface area contributed by atoms with Gasteiger partial charge in [0.25, 0.3) is 5.91 Å². The predicted octanol–water partition coefficient (Wildman–Crippen LogP) is 5.32. The summed E-state index contributed by atoms with van der Waals surface area (Å²) >= 11 is 0. The van der Waals surface area contributed by atoms with Gasteiger partial charge in [-0.1, -0.05) is 18.2 Å². The van der Waals surface area contributed by atoms with Crippen molar-refractivity contribution < 1.29 is 19.4 Å². The van der Waals surface area contributed by atoms with E-state index in [9.17, 15) is 14.7 Å². The van der Waals surface area contributed by atoms with Gasteiger partial charge in [0.05, 0.1) is 23.5 Å². The Morgan fingerprint density at radius 2 is 1.73 bits per heavy atom. The lowest BCUT2D eigenvalue weighted by atomic mass is 9.54. The summed E-state index contributed by atoms with van der Waals surface area (Å²) in [7, 11) is 0. The van der Waals surface area contributed by atoms with Crippen LogP contribution in [0.15, 0.2) is 42.5 Å². The van der Waals surface area contributed by atoms with E-state index >= 15 is 0 Å². The average Bonchev–Trinajstić information content (AvgIpc) is 3.28. The number of aromatic nitrogens is 3. The van der Waals surface area contributed by atoms with E-state index in [0.717, 1.165) is 53.8 Å². The number of carboxylic acids is 1. The largest absolute Gasteiger partial charge is 0.478 e. The lowest BCUT2D eigenvalue weighted by Gasteiger charge is -2.56. The summed E-state index contributed by atoms with van der Waals surface area (Å²) in [6.07, 6.45) is 7.26. The number of hydrogen-bond acceptors (Lipinski definition) is 5. The van der Waals surface area contributed by atoms with Gasteiger partial charge in [0.2, 0.25) is 0 Å². The molecule has 1 aromatic heterocycles. The number of aromatic carboxylic acids is 1. The Bertz CT molecular complexity index is 1340. The highest BCUT2D eigenvalue weighted by atomic mass is 16.5. The quantitative estimate of drug-likeness (QED) is 0.455. The topological polar surface area (TPSA) is 106 Å². The van der Waals surface area contributed by atoms with E-state index in [-0.39, 0.29) is 23.5 Å². The number of benzene rings is 2. The Kier molecular flexibility index (Phi) is 5.87. The van der Waals surface area contributed by atoms with Crippen molar-refractivity contribution in [2.45, 2.75) is 64.6 Å². The number of anilines is 1. The van der Waals surface area contributed by atoms with Crippen molar-refractivity contribution in [3.8, 4) is 5.69 Å². The summed E-state index contributed by atoms with van der Waals surface area (Å²) in [6.45, 7) is 4.21. The number of aryl methyl sites for hydroxylation is 2. The molecule has 4 bridgehead atoms. The molecule has 2 aromatic carbocycles. The summed E-state index contributed by atoms with van der Waals surface area (Å²) in [5.41, 5.74) is 3.91. The second-order valence-electron chi connectivity index (χ2n) is 11.3. The van der Waals surface area contributed by atoms with Gasteiger partial charge in [-0.3, -0.25) is 4.79 Å². The zero-order valence-electron chi connectivity index (χ0n) is 21.2. The van der Waals surface area contributed by atoms with Crippen molar-refractivity contribution in [3.05, 3.63) is 70.5 Å². The molecule has 3 aromatic rings. The summed E-state index contributed by atoms with van der Waals surface area (Å²) in [5, 5.41) is 21.5. The molecule has 2 N–H and O–H groups in total. The van der Waals surface area contributed by atoms with Crippen LogP contribution >= 0.6 is 0 Å². The third-order valence-corrected chi connectivity index (χ3v) is 8.34. The molecular weight excluding hydrogens is 468 g/mol. The van der Waals surface area contributed by atoms with Gasteiger partial charge in [-0.05, 0) is 106 Å². The zero-order valence-corrected chi connectivity index (χ0v) is 21.2. The number of carboxylic acid groups (broad SMARTS) is 1. The van der Waals surface area contributed by atoms with Crippen molar-refractivity contribution in [1.82, 2.24) is 15.0 Å². The molecular formula is C29H32N4O4. The number of carbonyl (C=O) groups is 2. The molecule has 192 valence electrons. The van der Waals surface area contributed by atoms with Gasteiger partial charge in [0.1, 0.15) is 5.69 Å². The molecule has 4 fully saturated rings. The van der Waals surface area contributed by atoms with Crippen molar-refractivity contribution in [3.63, 3.8) is 0 Å². The summed E-state index contributed by atoms with van der Waals surface area (Å²) in [6, 6.07) is 12.2. The van der Waals surface area contributed by atoms with E-state index < -0.39 is 11.9 Å². The highest BCUT2D eigenvalue weighted by Gasteiger charge is 2.51. The van der Waals surface area contributed by atoms with Gasteiger partial charge < -0.3 is 15.2 Å². The molecule has 0 atom stereocenters. The Morgan fingerprint density at radius 3 is 2.41 bits per heavy atom. The SMILES string of the molecule is Cc1ccc(C)c(-n2nc(COC34CC5CC(CC(C5)C3)C4)c(C(=O)Nc3cccc(C(=O)O)c3)n2)c1. The van der Waals surface area contributed by atoms with Gasteiger partial charge in [-0.25, -0.2) is 4.79 Å². The van der Waals surface area contributed by atoms with Crippen LogP contribution in [0.25, 0.3) is 5.69 Å². The predicted molar refractivity (Wildman–Crippen MR) is 138 cm³/mol. The fraction of sp³-hybridized carbons (Fsp3) is 0.448. The van der Waals surface area contributed by atoms with E-state index in [1.54, 1.807) is 12.1 Å². The number of rotatable bonds is 7. The van der Waals surface area contributed by atoms with Crippen LogP contribution in [0.1, 0.15) is 76.2 Å². The maximum absolute atomic E-state index is 13.4. The normalized spacial score (nSPS) is 25.8. The number of nitrogens with zero attached hydrogens (tertiary/aromatic N) is 3. The van der Waals surface area contributed by atoms with Gasteiger partial charge in [0, 0.05) is 5.69 Å². The maximum Gasteiger partial charge on any atom is 0.335 e. The summed E-state index contributed by atoms with van der Waals surface area (Å²) < 4.78 is 6.65. The van der Waals surface area contributed by atoms with E-state index in [1.807, 2.05) is 32.0 Å². The molecule has 7 rings (SSSR count). The van der Waals surface area contributed by atoms with Crippen LogP contribution in [-0.2, 0) is 11.3 Å². The minimum absolute atomic E-state index is 0.0993. The molecule has 1 amide bonds. The third-order valence-electron chi connectivity index (χ3n) is 8.34. The number of amides is 1. The zero-order chi connectivity index (χ0) is 25.7. The van der Waals surface area contributed by atoms with Gasteiger partial charge >= 0.3 is 5.97 Å². The van der Waals surface area contributed by atoms with E-state index in [2.05, 4.69) is 10.4 Å². The Labute approximate surface area is 216 Å². The smallest absolute Gasteiger partial charge is 0.335 e. The first kappa shape index (κ1) is 23.9. The first-order valence-corrected chi connectivity index (χ1v) is 13.1. The van der Waals surface area contributed by atoms with E-state index in [1.165, 1.54) is 36.2 Å². The van der Waals surface area contributed by atoms with Crippen LogP contribution in [0, 0.1) is 31.6 Å². The van der Waals surface area contributed by atoms with Gasteiger partial charge in [0.15, 0.2) is 5.69 Å². The second-order valence-corrected chi connectivity index (χ2v) is 11.3. The highest BCUT2D eigenvalue weighted by molar-refractivity contribution is 6.04. The number of carbonyl (C=O) groups excluding carboxylic acids is 1. The van der Waals surface area contributed by atoms with Crippen LogP contribution in [0.4, 0.5) is 5.69 Å². The fourth-order valence-corrected chi connectivity index (χ4v) is 7.00. The van der Waals surface area contributed by atoms with Crippen LogP contribution in [0.3, 0.4) is 0 Å². The van der Waals surface area contributed by atoms with E-state index in [4.69, 9.17) is 9.84 Å². The van der Waals surface area contributed by atoms with Crippen molar-refractivity contribution in [1.29, 1.82) is 0 Å². The monoisotopic (exact) mass is 500 g/mol. The number of hydrogen-bond donors (Lipinski definition) is 2. The van der Waals surface area contributed by atoms with Gasteiger partial charge in [-0.2, -0.15) is 4.80 Å². The average molecular weight is 501 g/mol. The first-order valence-electron chi connectivity index (χ1n) is 13.1. The van der Waals surface area contributed by atoms with Crippen LogP contribution in [0.5, 0.6) is 0 Å². The minimum Gasteiger partial charge on any atom is -0.478 e. The molecule has 0 spiro atoms. The molecule has 37 heavy (non-hydrogen) atoms. The summed E-state index contributed by atoms with van der Waals surface area (Å²) in [4.78, 5) is 26.3. The fourth-order valence-electron chi connectivity index (χ4n) is 7.00. The van der Waals surface area contributed by atoms with Crippen molar-refractivity contribution in [2.24, 2.45) is 17.8 Å². The molecule has 4 aliphatic carbocycles. The van der Waals surface area contributed by atoms with Crippen molar-refractivity contribution >= 4 is 17.6 Å². The Balaban J connectivity index is 1.30. The van der Waals surface area contributed by atoms with E-state index in [0.29, 0.717) is 11.4 Å². The molecule has 4 aliphatic rings. The van der Waals surface area contributed by atoms with Crippen LogP contribution < -0.4 is 5.32 Å². The minimum atomic E-state index is -1.05. The lowest BCUT2D eigenvalue weighted by Crippen LogP contribution is -2.51. The molecule has 8 nitrogen and oxygen atoms in total. The van der Waals surface area contributed by atoms with Crippen LogP contribution in [0.2, 0.25) is 0 Å². The Hall–Kier alpha value is -3.52. The first-order chi connectivity index (χ1) is 17.8. The molecule has 1 heterocycles. The maximum atomic E-state index is 13.4.